The SMILES string of the molecule is COc1cc(-n2nc(C(=O)O)nc2C)c(Cl)cc1Cl. The van der Waals surface area contributed by atoms with E-state index in [9.17, 15) is 4.79 Å². The average molecular weight is 302 g/mol. The van der Waals surface area contributed by atoms with Gasteiger partial charge in [-0.05, 0) is 13.0 Å². The van der Waals surface area contributed by atoms with Crippen molar-refractivity contribution in [3.63, 3.8) is 0 Å². The Morgan fingerprint density at radius 3 is 2.58 bits per heavy atom. The second kappa shape index (κ2) is 5.07. The van der Waals surface area contributed by atoms with Gasteiger partial charge in [-0.1, -0.05) is 23.2 Å². The lowest BCUT2D eigenvalue weighted by molar-refractivity contribution is 0.0683. The molecule has 2 aromatic rings. The Morgan fingerprint density at radius 1 is 1.37 bits per heavy atom. The highest BCUT2D eigenvalue weighted by molar-refractivity contribution is 6.36. The number of carboxylic acids is 1. The number of aromatic carboxylic acids is 1. The number of carboxylic acid groups (broad SMARTS) is 1. The molecule has 1 aromatic carbocycles. The molecular formula is C11H9Cl2N3O3. The van der Waals surface area contributed by atoms with E-state index in [2.05, 4.69) is 10.1 Å². The maximum atomic E-state index is 10.8. The Morgan fingerprint density at radius 2 is 2.05 bits per heavy atom. The lowest BCUT2D eigenvalue weighted by Gasteiger charge is -2.09. The number of aryl methyl sites for hydroxylation is 1. The molecule has 1 heterocycles. The summed E-state index contributed by atoms with van der Waals surface area (Å²) in [5.41, 5.74) is 0.445. The molecule has 0 fully saturated rings. The lowest BCUT2D eigenvalue weighted by atomic mass is 10.3. The molecule has 0 aliphatic rings. The molecule has 0 unspecified atom stereocenters. The lowest BCUT2D eigenvalue weighted by Crippen LogP contribution is -2.03. The fourth-order valence-corrected chi connectivity index (χ4v) is 2.09. The van der Waals surface area contributed by atoms with Crippen LogP contribution in [-0.4, -0.2) is 33.0 Å². The number of rotatable bonds is 3. The summed E-state index contributed by atoms with van der Waals surface area (Å²) in [7, 11) is 1.47. The summed E-state index contributed by atoms with van der Waals surface area (Å²) in [6, 6.07) is 3.07. The van der Waals surface area contributed by atoms with Crippen LogP contribution in [-0.2, 0) is 0 Å². The van der Waals surface area contributed by atoms with Gasteiger partial charge in [0.2, 0.25) is 0 Å². The van der Waals surface area contributed by atoms with Crippen LogP contribution in [0.15, 0.2) is 12.1 Å². The first-order valence-electron chi connectivity index (χ1n) is 5.14. The molecule has 0 bridgehead atoms. The number of halogens is 2. The molecule has 0 radical (unpaired) electrons. The zero-order valence-corrected chi connectivity index (χ0v) is 11.5. The highest BCUT2D eigenvalue weighted by Gasteiger charge is 2.17. The summed E-state index contributed by atoms with van der Waals surface area (Å²) < 4.78 is 6.41. The highest BCUT2D eigenvalue weighted by Crippen LogP contribution is 2.33. The van der Waals surface area contributed by atoms with E-state index in [4.69, 9.17) is 33.0 Å². The van der Waals surface area contributed by atoms with Gasteiger partial charge in [0.05, 0.1) is 22.8 Å². The summed E-state index contributed by atoms with van der Waals surface area (Å²) in [5, 5.41) is 13.4. The van der Waals surface area contributed by atoms with Crippen molar-refractivity contribution >= 4 is 29.2 Å². The summed E-state index contributed by atoms with van der Waals surface area (Å²) in [6.07, 6.45) is 0. The fraction of sp³-hybridized carbons (Fsp3) is 0.182. The van der Waals surface area contributed by atoms with Crippen LogP contribution in [0, 0.1) is 6.92 Å². The zero-order valence-electron chi connectivity index (χ0n) is 10.0. The average Bonchev–Trinajstić information content (AvgIpc) is 2.72. The highest BCUT2D eigenvalue weighted by atomic mass is 35.5. The van der Waals surface area contributed by atoms with Gasteiger partial charge in [0.1, 0.15) is 11.6 Å². The van der Waals surface area contributed by atoms with E-state index in [1.165, 1.54) is 17.9 Å². The first-order valence-corrected chi connectivity index (χ1v) is 5.90. The standard InChI is InChI=1S/C11H9Cl2N3O3/c1-5-14-10(11(17)18)15-16(5)8-4-9(19-2)7(13)3-6(8)12/h3-4H,1-2H3,(H,17,18). The van der Waals surface area contributed by atoms with E-state index in [0.29, 0.717) is 27.3 Å². The third kappa shape index (κ3) is 2.50. The van der Waals surface area contributed by atoms with Crippen LogP contribution in [0.5, 0.6) is 5.75 Å². The van der Waals surface area contributed by atoms with Gasteiger partial charge in [0.25, 0.3) is 5.82 Å². The number of aromatic nitrogens is 3. The molecule has 0 saturated carbocycles. The van der Waals surface area contributed by atoms with Crippen molar-refractivity contribution in [1.82, 2.24) is 14.8 Å². The molecule has 1 aromatic heterocycles. The first kappa shape index (κ1) is 13.6. The largest absolute Gasteiger partial charge is 0.495 e. The Kier molecular flexibility index (Phi) is 3.64. The Hall–Kier alpha value is -1.79. The number of hydrogen-bond acceptors (Lipinski definition) is 4. The molecule has 0 aliphatic heterocycles. The van der Waals surface area contributed by atoms with Gasteiger partial charge in [-0.2, -0.15) is 0 Å². The Labute approximate surface area is 118 Å². The van der Waals surface area contributed by atoms with Gasteiger partial charge < -0.3 is 9.84 Å². The molecule has 1 N–H and O–H groups in total. The van der Waals surface area contributed by atoms with Crippen LogP contribution in [0.2, 0.25) is 10.0 Å². The van der Waals surface area contributed by atoms with Crippen LogP contribution < -0.4 is 4.74 Å². The number of ether oxygens (including phenoxy) is 1. The van der Waals surface area contributed by atoms with Crippen molar-refractivity contribution in [2.75, 3.05) is 7.11 Å². The van der Waals surface area contributed by atoms with Crippen LogP contribution in [0.3, 0.4) is 0 Å². The number of benzene rings is 1. The van der Waals surface area contributed by atoms with E-state index < -0.39 is 5.97 Å². The summed E-state index contributed by atoms with van der Waals surface area (Å²) in [6.45, 7) is 1.62. The minimum absolute atomic E-state index is 0.303. The van der Waals surface area contributed by atoms with E-state index in [0.717, 1.165) is 0 Å². The Bertz CT molecular complexity index is 655. The summed E-state index contributed by atoms with van der Waals surface area (Å²) in [5.74, 6) is -0.710. The predicted octanol–water partition coefficient (Wildman–Crippen LogP) is 2.59. The number of carbonyl (C=O) groups is 1. The second-order valence-electron chi connectivity index (χ2n) is 3.64. The van der Waals surface area contributed by atoms with E-state index in [1.54, 1.807) is 13.0 Å². The minimum atomic E-state index is -1.21. The van der Waals surface area contributed by atoms with Crippen LogP contribution in [0.4, 0.5) is 0 Å². The third-order valence-corrected chi connectivity index (χ3v) is 3.01. The molecule has 0 amide bonds. The minimum Gasteiger partial charge on any atom is -0.495 e. The predicted molar refractivity (Wildman–Crippen MR) is 69.6 cm³/mol. The topological polar surface area (TPSA) is 77.2 Å². The monoisotopic (exact) mass is 301 g/mol. The quantitative estimate of drug-likeness (QED) is 0.943. The molecule has 6 nitrogen and oxygen atoms in total. The van der Waals surface area contributed by atoms with Gasteiger partial charge in [-0.15, -0.1) is 5.10 Å². The molecule has 19 heavy (non-hydrogen) atoms. The van der Waals surface area contributed by atoms with Gasteiger partial charge >= 0.3 is 5.97 Å². The Balaban J connectivity index is 2.61. The van der Waals surface area contributed by atoms with Crippen molar-refractivity contribution in [2.24, 2.45) is 0 Å². The van der Waals surface area contributed by atoms with Crippen LogP contribution in [0.25, 0.3) is 5.69 Å². The summed E-state index contributed by atoms with van der Waals surface area (Å²) >= 11 is 12.0. The number of methoxy groups -OCH3 is 1. The molecule has 100 valence electrons. The van der Waals surface area contributed by atoms with Gasteiger partial charge in [-0.25, -0.2) is 14.5 Å². The van der Waals surface area contributed by atoms with Crippen molar-refractivity contribution in [3.05, 3.63) is 33.8 Å². The number of nitrogens with zero attached hydrogens (tertiary/aromatic N) is 3. The zero-order chi connectivity index (χ0) is 14.2. The maximum Gasteiger partial charge on any atom is 0.375 e. The van der Waals surface area contributed by atoms with Crippen molar-refractivity contribution in [2.45, 2.75) is 6.92 Å². The van der Waals surface area contributed by atoms with E-state index in [-0.39, 0.29) is 5.82 Å². The molecule has 0 atom stereocenters. The van der Waals surface area contributed by atoms with E-state index in [1.807, 2.05) is 0 Å². The summed E-state index contributed by atoms with van der Waals surface area (Å²) in [4.78, 5) is 14.7. The maximum absolute atomic E-state index is 10.8. The van der Waals surface area contributed by atoms with Gasteiger partial charge in [0, 0.05) is 6.07 Å². The number of hydrogen-bond donors (Lipinski definition) is 1. The molecule has 8 heteroatoms. The van der Waals surface area contributed by atoms with Gasteiger partial charge in [-0.3, -0.25) is 0 Å². The van der Waals surface area contributed by atoms with Crippen molar-refractivity contribution in [3.8, 4) is 11.4 Å². The third-order valence-electron chi connectivity index (χ3n) is 2.41. The van der Waals surface area contributed by atoms with E-state index >= 15 is 0 Å². The second-order valence-corrected chi connectivity index (χ2v) is 4.45. The van der Waals surface area contributed by atoms with Crippen LogP contribution in [0.1, 0.15) is 16.4 Å². The molecule has 2 rings (SSSR count). The first-order chi connectivity index (χ1) is 8.93. The van der Waals surface area contributed by atoms with Crippen molar-refractivity contribution < 1.29 is 14.6 Å². The van der Waals surface area contributed by atoms with Crippen molar-refractivity contribution in [1.29, 1.82) is 0 Å². The molecular weight excluding hydrogens is 293 g/mol. The molecule has 0 aliphatic carbocycles. The molecule has 0 saturated heterocycles. The normalized spacial score (nSPS) is 10.5. The van der Waals surface area contributed by atoms with Gasteiger partial charge in [0.15, 0.2) is 0 Å². The smallest absolute Gasteiger partial charge is 0.375 e. The molecule has 0 spiro atoms. The fourth-order valence-electron chi connectivity index (χ4n) is 1.55. The van der Waals surface area contributed by atoms with Crippen LogP contribution >= 0.6 is 23.2 Å².